The van der Waals surface area contributed by atoms with Crippen molar-refractivity contribution in [1.29, 1.82) is 0 Å². The molecular formula is C30H23N3O3S. The van der Waals surface area contributed by atoms with Crippen LogP contribution in [0.4, 0.5) is 17.1 Å². The Morgan fingerprint density at radius 2 is 1.54 bits per heavy atom. The van der Waals surface area contributed by atoms with Crippen LogP contribution in [0.3, 0.4) is 0 Å². The molecule has 0 aromatic heterocycles. The third-order valence-corrected chi connectivity index (χ3v) is 6.35. The molecule has 6 nitrogen and oxygen atoms in total. The number of benzene rings is 4. The van der Waals surface area contributed by atoms with Gasteiger partial charge in [0, 0.05) is 5.69 Å². The third-order valence-electron chi connectivity index (χ3n) is 5.39. The number of ether oxygens (including phenoxy) is 1. The summed E-state index contributed by atoms with van der Waals surface area (Å²) in [5.74, 6) is 0.127. The van der Waals surface area contributed by atoms with Crippen LogP contribution in [-0.2, 0) is 9.59 Å². The number of hydrogen-bond donors (Lipinski definition) is 1. The zero-order valence-electron chi connectivity index (χ0n) is 19.8. The highest BCUT2D eigenvalue weighted by Gasteiger charge is 2.34. The van der Waals surface area contributed by atoms with Crippen LogP contribution in [0.15, 0.2) is 125 Å². The Bertz CT molecular complexity index is 1460. The minimum absolute atomic E-state index is 0.127. The molecule has 1 heterocycles. The first kappa shape index (κ1) is 24.1. The van der Waals surface area contributed by atoms with Crippen LogP contribution in [0, 0.1) is 0 Å². The highest BCUT2D eigenvalue weighted by atomic mass is 32.2. The lowest BCUT2D eigenvalue weighted by molar-refractivity contribution is -0.118. The molecule has 0 spiro atoms. The van der Waals surface area contributed by atoms with Crippen molar-refractivity contribution in [2.45, 2.75) is 0 Å². The van der Waals surface area contributed by atoms with Crippen molar-refractivity contribution in [2.24, 2.45) is 4.99 Å². The minimum atomic E-state index is -0.253. The fourth-order valence-corrected chi connectivity index (χ4v) is 4.68. The first-order valence-electron chi connectivity index (χ1n) is 11.7. The lowest BCUT2D eigenvalue weighted by Crippen LogP contribution is -2.28. The van der Waals surface area contributed by atoms with Gasteiger partial charge in [-0.3, -0.25) is 14.5 Å². The van der Waals surface area contributed by atoms with Gasteiger partial charge in [0.2, 0.25) is 0 Å². The Morgan fingerprint density at radius 1 is 0.865 bits per heavy atom. The molecule has 1 saturated heterocycles. The number of para-hydroxylation sites is 3. The summed E-state index contributed by atoms with van der Waals surface area (Å²) in [5, 5.41) is 3.38. The van der Waals surface area contributed by atoms with Crippen LogP contribution < -0.4 is 15.0 Å². The number of thioether (sulfide) groups is 1. The van der Waals surface area contributed by atoms with Crippen molar-refractivity contribution in [3.63, 3.8) is 0 Å². The maximum Gasteiger partial charge on any atom is 0.271 e. The Kier molecular flexibility index (Phi) is 7.43. The fourth-order valence-electron chi connectivity index (χ4n) is 3.68. The quantitative estimate of drug-likeness (QED) is 0.291. The molecule has 0 unspecified atom stereocenters. The van der Waals surface area contributed by atoms with E-state index in [1.54, 1.807) is 17.0 Å². The van der Waals surface area contributed by atoms with Gasteiger partial charge in [-0.2, -0.15) is 0 Å². The Hall–Kier alpha value is -4.62. The summed E-state index contributed by atoms with van der Waals surface area (Å²) in [6.45, 7) is -0.127. The second kappa shape index (κ2) is 11.4. The summed E-state index contributed by atoms with van der Waals surface area (Å²) in [5.41, 5.74) is 3.01. The summed E-state index contributed by atoms with van der Waals surface area (Å²) >= 11 is 1.32. The monoisotopic (exact) mass is 505 g/mol. The summed E-state index contributed by atoms with van der Waals surface area (Å²) in [4.78, 5) is 32.6. The van der Waals surface area contributed by atoms with Crippen molar-refractivity contribution in [1.82, 2.24) is 0 Å². The van der Waals surface area contributed by atoms with E-state index < -0.39 is 0 Å². The molecule has 0 bridgehead atoms. The van der Waals surface area contributed by atoms with E-state index in [0.29, 0.717) is 21.5 Å². The van der Waals surface area contributed by atoms with E-state index >= 15 is 0 Å². The molecule has 1 N–H and O–H groups in total. The summed E-state index contributed by atoms with van der Waals surface area (Å²) in [6.07, 6.45) is 1.81. The van der Waals surface area contributed by atoms with Crippen molar-refractivity contribution >= 4 is 51.9 Å². The number of nitrogens with one attached hydrogen (secondary N) is 1. The molecule has 4 aromatic carbocycles. The van der Waals surface area contributed by atoms with Gasteiger partial charge in [-0.15, -0.1) is 0 Å². The van der Waals surface area contributed by atoms with Gasteiger partial charge < -0.3 is 10.1 Å². The highest BCUT2D eigenvalue weighted by Crippen LogP contribution is 2.37. The normalized spacial score (nSPS) is 15.2. The Labute approximate surface area is 219 Å². The SMILES string of the molecule is O=C(COc1cccc(/C=C2\SC(=Nc3ccccc3)N(c3ccccc3)C2=O)c1)Nc1ccccc1. The van der Waals surface area contributed by atoms with Crippen LogP contribution >= 0.6 is 11.8 Å². The van der Waals surface area contributed by atoms with Crippen LogP contribution in [-0.4, -0.2) is 23.6 Å². The molecule has 2 amide bonds. The number of carbonyl (C=O) groups excluding carboxylic acids is 2. The van der Waals surface area contributed by atoms with Crippen LogP contribution in [0.2, 0.25) is 0 Å². The molecule has 0 aliphatic carbocycles. The largest absolute Gasteiger partial charge is 0.484 e. The maximum atomic E-state index is 13.5. The van der Waals surface area contributed by atoms with Gasteiger partial charge in [-0.25, -0.2) is 4.99 Å². The highest BCUT2D eigenvalue weighted by molar-refractivity contribution is 8.19. The van der Waals surface area contributed by atoms with Gasteiger partial charge in [0.25, 0.3) is 11.8 Å². The summed E-state index contributed by atoms with van der Waals surface area (Å²) in [7, 11) is 0. The second-order valence-electron chi connectivity index (χ2n) is 8.09. The van der Waals surface area contributed by atoms with Gasteiger partial charge in [-0.05, 0) is 71.9 Å². The number of amides is 2. The van der Waals surface area contributed by atoms with Gasteiger partial charge >= 0.3 is 0 Å². The topological polar surface area (TPSA) is 71.0 Å². The maximum absolute atomic E-state index is 13.5. The minimum Gasteiger partial charge on any atom is -0.484 e. The van der Waals surface area contributed by atoms with E-state index in [2.05, 4.69) is 5.32 Å². The number of anilines is 2. The van der Waals surface area contributed by atoms with Crippen molar-refractivity contribution in [3.05, 3.63) is 126 Å². The standard InChI is InChI=1S/C30H23N3O3S/c34-28(31-23-12-4-1-5-13-23)21-36-26-18-10-11-22(19-26)20-27-29(35)33(25-16-8-3-9-17-25)30(37-27)32-24-14-6-2-7-15-24/h1-20H,21H2,(H,31,34)/b27-20-,32-30?. The van der Waals surface area contributed by atoms with E-state index in [1.165, 1.54) is 11.8 Å². The molecule has 0 atom stereocenters. The molecule has 182 valence electrons. The second-order valence-corrected chi connectivity index (χ2v) is 9.10. The number of aliphatic imine (C=N–C) groups is 1. The van der Waals surface area contributed by atoms with Gasteiger partial charge in [0.15, 0.2) is 11.8 Å². The first-order valence-corrected chi connectivity index (χ1v) is 12.5. The third kappa shape index (κ3) is 6.15. The fraction of sp³-hybridized carbons (Fsp3) is 0.0333. The van der Waals surface area contributed by atoms with E-state index in [-0.39, 0.29) is 18.4 Å². The van der Waals surface area contributed by atoms with Crippen molar-refractivity contribution in [2.75, 3.05) is 16.8 Å². The zero-order chi connectivity index (χ0) is 25.5. The van der Waals surface area contributed by atoms with Crippen molar-refractivity contribution in [3.8, 4) is 5.75 Å². The Morgan fingerprint density at radius 3 is 2.27 bits per heavy atom. The van der Waals surface area contributed by atoms with Gasteiger partial charge in [-0.1, -0.05) is 66.7 Å². The zero-order valence-corrected chi connectivity index (χ0v) is 20.6. The van der Waals surface area contributed by atoms with Crippen LogP contribution in [0.1, 0.15) is 5.56 Å². The summed E-state index contributed by atoms with van der Waals surface area (Å²) in [6, 6.07) is 35.5. The molecule has 4 aromatic rings. The molecule has 37 heavy (non-hydrogen) atoms. The molecule has 0 saturated carbocycles. The molecular weight excluding hydrogens is 482 g/mol. The molecule has 1 aliphatic rings. The lowest BCUT2D eigenvalue weighted by atomic mass is 10.2. The van der Waals surface area contributed by atoms with E-state index in [0.717, 1.165) is 16.9 Å². The molecule has 5 rings (SSSR count). The van der Waals surface area contributed by atoms with Crippen LogP contribution in [0.25, 0.3) is 6.08 Å². The summed E-state index contributed by atoms with van der Waals surface area (Å²) < 4.78 is 5.70. The van der Waals surface area contributed by atoms with Gasteiger partial charge in [0.05, 0.1) is 16.3 Å². The van der Waals surface area contributed by atoms with Crippen LogP contribution in [0.5, 0.6) is 5.75 Å². The number of nitrogens with zero attached hydrogens (tertiary/aromatic N) is 2. The number of rotatable bonds is 7. The number of amidine groups is 1. The predicted molar refractivity (Wildman–Crippen MR) is 150 cm³/mol. The van der Waals surface area contributed by atoms with Crippen molar-refractivity contribution < 1.29 is 14.3 Å². The van der Waals surface area contributed by atoms with E-state index in [4.69, 9.17) is 9.73 Å². The average molecular weight is 506 g/mol. The number of carbonyl (C=O) groups is 2. The van der Waals surface area contributed by atoms with E-state index in [1.807, 2.05) is 109 Å². The number of hydrogen-bond acceptors (Lipinski definition) is 5. The molecule has 1 aliphatic heterocycles. The van der Waals surface area contributed by atoms with Gasteiger partial charge in [0.1, 0.15) is 5.75 Å². The Balaban J connectivity index is 1.35. The molecule has 7 heteroatoms. The predicted octanol–water partition coefficient (Wildman–Crippen LogP) is 6.51. The smallest absolute Gasteiger partial charge is 0.271 e. The molecule has 0 radical (unpaired) electrons. The van der Waals surface area contributed by atoms with E-state index in [9.17, 15) is 9.59 Å². The molecule has 1 fully saturated rings. The lowest BCUT2D eigenvalue weighted by Gasteiger charge is -2.15. The average Bonchev–Trinajstić information content (AvgIpc) is 3.23. The first-order chi connectivity index (χ1) is 18.2.